The molecule has 9 heteroatoms. The summed E-state index contributed by atoms with van der Waals surface area (Å²) >= 11 is 0. The van der Waals surface area contributed by atoms with Crippen molar-refractivity contribution < 1.29 is 17.6 Å². The van der Waals surface area contributed by atoms with Gasteiger partial charge in [0.25, 0.3) is 0 Å². The van der Waals surface area contributed by atoms with E-state index in [9.17, 15) is 13.2 Å². The summed E-state index contributed by atoms with van der Waals surface area (Å²) in [7, 11) is -2.12. The minimum Gasteiger partial charge on any atom is -0.489 e. The molecule has 1 aromatic carbocycles. The largest absolute Gasteiger partial charge is 0.489 e. The fourth-order valence-corrected chi connectivity index (χ4v) is 6.48. The maximum absolute atomic E-state index is 13.4. The Kier molecular flexibility index (Phi) is 4.25. The van der Waals surface area contributed by atoms with E-state index in [-0.39, 0.29) is 23.1 Å². The van der Waals surface area contributed by atoms with Gasteiger partial charge < -0.3 is 9.15 Å². The van der Waals surface area contributed by atoms with Crippen molar-refractivity contribution in [3.05, 3.63) is 53.3 Å². The lowest BCUT2D eigenvalue weighted by Crippen LogP contribution is -2.49. The van der Waals surface area contributed by atoms with Crippen LogP contribution in [0.25, 0.3) is 11.1 Å². The van der Waals surface area contributed by atoms with E-state index in [1.54, 1.807) is 29.8 Å². The van der Waals surface area contributed by atoms with Crippen LogP contribution in [0.5, 0.6) is 5.75 Å². The molecule has 2 fully saturated rings. The summed E-state index contributed by atoms with van der Waals surface area (Å²) < 4.78 is 41.0. The predicted octanol–water partition coefficient (Wildman–Crippen LogP) is 2.29. The molecule has 2 aliphatic heterocycles. The van der Waals surface area contributed by atoms with Crippen LogP contribution in [-0.2, 0) is 17.1 Å². The number of aromatic nitrogens is 2. The summed E-state index contributed by atoms with van der Waals surface area (Å²) in [6.45, 7) is 0. The van der Waals surface area contributed by atoms with E-state index in [1.165, 1.54) is 16.7 Å². The van der Waals surface area contributed by atoms with Gasteiger partial charge >= 0.3 is 5.76 Å². The quantitative estimate of drug-likeness (QED) is 0.649. The first-order chi connectivity index (χ1) is 13.9. The van der Waals surface area contributed by atoms with Gasteiger partial charge in [0, 0.05) is 38.2 Å². The molecule has 152 valence electrons. The Hall–Kier alpha value is -2.65. The highest BCUT2D eigenvalue weighted by Crippen LogP contribution is 2.41. The zero-order valence-corrected chi connectivity index (χ0v) is 16.7. The molecule has 0 spiro atoms. The first kappa shape index (κ1) is 18.4. The van der Waals surface area contributed by atoms with Crippen LogP contribution in [-0.4, -0.2) is 40.5 Å². The van der Waals surface area contributed by atoms with E-state index in [4.69, 9.17) is 9.15 Å². The molecule has 0 aliphatic carbocycles. The van der Waals surface area contributed by atoms with E-state index in [0.29, 0.717) is 29.7 Å². The number of piperidine rings is 1. The lowest BCUT2D eigenvalue weighted by Gasteiger charge is -2.37. The average Bonchev–Trinajstić information content (AvgIpc) is 3.16. The highest BCUT2D eigenvalue weighted by molar-refractivity contribution is 7.89. The number of hydrogen-bond donors (Lipinski definition) is 0. The zero-order chi connectivity index (χ0) is 20.2. The molecule has 2 aliphatic rings. The van der Waals surface area contributed by atoms with Gasteiger partial charge in [-0.2, -0.15) is 4.31 Å². The van der Waals surface area contributed by atoms with Gasteiger partial charge in [0.1, 0.15) is 11.9 Å². The van der Waals surface area contributed by atoms with E-state index < -0.39 is 15.8 Å². The van der Waals surface area contributed by atoms with Crippen molar-refractivity contribution in [2.75, 3.05) is 0 Å². The van der Waals surface area contributed by atoms with Crippen molar-refractivity contribution in [3.63, 3.8) is 0 Å². The number of hydrogen-bond acceptors (Lipinski definition) is 6. The van der Waals surface area contributed by atoms with Gasteiger partial charge in [-0.25, -0.2) is 13.2 Å². The fourth-order valence-electron chi connectivity index (χ4n) is 4.57. The normalized spacial score (nSPS) is 24.8. The summed E-state index contributed by atoms with van der Waals surface area (Å²) in [5.41, 5.74) is 0.848. The number of oxazole rings is 1. The van der Waals surface area contributed by atoms with E-state index in [0.717, 1.165) is 12.8 Å². The van der Waals surface area contributed by atoms with Crippen LogP contribution in [0.1, 0.15) is 25.7 Å². The molecule has 2 bridgehead atoms. The van der Waals surface area contributed by atoms with Crippen LogP contribution in [0.3, 0.4) is 0 Å². The summed E-state index contributed by atoms with van der Waals surface area (Å²) in [6.07, 6.45) is 6.29. The number of fused-ring (bicyclic) bond motifs is 3. The van der Waals surface area contributed by atoms with Gasteiger partial charge in [0.15, 0.2) is 5.58 Å². The van der Waals surface area contributed by atoms with E-state index in [1.807, 2.05) is 12.1 Å². The van der Waals surface area contributed by atoms with E-state index in [2.05, 4.69) is 4.98 Å². The summed E-state index contributed by atoms with van der Waals surface area (Å²) in [5.74, 6) is 0.197. The first-order valence-corrected chi connectivity index (χ1v) is 11.1. The van der Waals surface area contributed by atoms with Crippen molar-refractivity contribution in [2.45, 2.75) is 48.8 Å². The van der Waals surface area contributed by atoms with Gasteiger partial charge in [0.2, 0.25) is 10.0 Å². The molecule has 2 aromatic heterocycles. The van der Waals surface area contributed by atoms with Gasteiger partial charge in [-0.1, -0.05) is 0 Å². The highest BCUT2D eigenvalue weighted by atomic mass is 32.2. The van der Waals surface area contributed by atoms with Gasteiger partial charge in [0.05, 0.1) is 16.6 Å². The molecule has 2 atom stereocenters. The minimum atomic E-state index is -3.68. The topological polar surface area (TPSA) is 94.6 Å². The number of ether oxygens (including phenoxy) is 1. The lowest BCUT2D eigenvalue weighted by molar-refractivity contribution is 0.0953. The maximum atomic E-state index is 13.4. The van der Waals surface area contributed by atoms with Crippen molar-refractivity contribution in [3.8, 4) is 5.75 Å². The molecule has 4 heterocycles. The molecule has 8 nitrogen and oxygen atoms in total. The van der Waals surface area contributed by atoms with Crippen molar-refractivity contribution in [1.82, 2.24) is 13.9 Å². The third-order valence-corrected chi connectivity index (χ3v) is 7.90. The number of aryl methyl sites for hydroxylation is 1. The Bertz CT molecular complexity index is 1200. The SMILES string of the molecule is Cn1c(=O)oc2ccc(S(=O)(=O)N3C4CCC3CC(Oc3cccnc3)C4)cc21. The minimum absolute atomic E-state index is 0.0275. The predicted molar refractivity (Wildman–Crippen MR) is 105 cm³/mol. The summed E-state index contributed by atoms with van der Waals surface area (Å²) in [6, 6.07) is 8.08. The second kappa shape index (κ2) is 6.70. The Labute approximate surface area is 167 Å². The number of nitrogens with zero attached hydrogens (tertiary/aromatic N) is 3. The first-order valence-electron chi connectivity index (χ1n) is 9.63. The molecule has 0 N–H and O–H groups in total. The Morgan fingerprint density at radius 2 is 1.93 bits per heavy atom. The zero-order valence-electron chi connectivity index (χ0n) is 15.9. The molecule has 0 amide bonds. The molecule has 5 rings (SSSR count). The summed E-state index contributed by atoms with van der Waals surface area (Å²) in [5, 5.41) is 0. The van der Waals surface area contributed by atoms with Crippen LogP contribution >= 0.6 is 0 Å². The van der Waals surface area contributed by atoms with E-state index >= 15 is 0 Å². The number of rotatable bonds is 4. The number of sulfonamides is 1. The number of pyridine rings is 1. The van der Waals surface area contributed by atoms with Gasteiger partial charge in [-0.05, 0) is 43.2 Å². The lowest BCUT2D eigenvalue weighted by atomic mass is 10.0. The van der Waals surface area contributed by atoms with Crippen LogP contribution in [0.15, 0.2) is 56.8 Å². The molecular formula is C20H21N3O5S. The Morgan fingerprint density at radius 1 is 1.17 bits per heavy atom. The second-order valence-electron chi connectivity index (χ2n) is 7.68. The standard InChI is InChI=1S/C20H21N3O5S/c1-22-18-11-17(6-7-19(18)28-20(22)24)29(25,26)23-13-4-5-14(23)10-16(9-13)27-15-3-2-8-21-12-15/h2-3,6-8,11-14,16H,4-5,9-10H2,1H3. The average molecular weight is 415 g/mol. The number of benzene rings is 1. The Morgan fingerprint density at radius 3 is 2.62 bits per heavy atom. The van der Waals surface area contributed by atoms with Crippen LogP contribution in [0, 0.1) is 0 Å². The fraction of sp³-hybridized carbons (Fsp3) is 0.400. The molecular weight excluding hydrogens is 394 g/mol. The third-order valence-electron chi connectivity index (χ3n) is 5.90. The van der Waals surface area contributed by atoms with Crippen LogP contribution in [0.2, 0.25) is 0 Å². The third kappa shape index (κ3) is 3.05. The van der Waals surface area contributed by atoms with Crippen LogP contribution in [0.4, 0.5) is 0 Å². The van der Waals surface area contributed by atoms with Crippen molar-refractivity contribution in [1.29, 1.82) is 0 Å². The molecule has 2 unspecified atom stereocenters. The molecule has 3 aromatic rings. The monoisotopic (exact) mass is 415 g/mol. The summed E-state index contributed by atoms with van der Waals surface area (Å²) in [4.78, 5) is 16.0. The molecule has 0 saturated carbocycles. The Balaban J connectivity index is 1.42. The highest BCUT2D eigenvalue weighted by Gasteiger charge is 2.48. The van der Waals surface area contributed by atoms with Crippen molar-refractivity contribution >= 4 is 21.1 Å². The second-order valence-corrected chi connectivity index (χ2v) is 9.52. The van der Waals surface area contributed by atoms with Crippen LogP contribution < -0.4 is 10.5 Å². The van der Waals surface area contributed by atoms with Gasteiger partial charge in [-0.15, -0.1) is 0 Å². The van der Waals surface area contributed by atoms with Crippen molar-refractivity contribution in [2.24, 2.45) is 7.05 Å². The molecule has 2 saturated heterocycles. The molecule has 0 radical (unpaired) electrons. The van der Waals surface area contributed by atoms with Gasteiger partial charge in [-0.3, -0.25) is 9.55 Å². The smallest absolute Gasteiger partial charge is 0.419 e. The maximum Gasteiger partial charge on any atom is 0.419 e. The molecule has 29 heavy (non-hydrogen) atoms.